The molecule has 0 spiro atoms. The third-order valence-electron chi connectivity index (χ3n) is 4.32. The zero-order valence-corrected chi connectivity index (χ0v) is 16.8. The maximum absolute atomic E-state index is 12.8. The number of nitrogens with one attached hydrogen (secondary N) is 1. The number of anilines is 1. The maximum atomic E-state index is 12.8. The number of carbonyl (C=O) groups excluding carboxylic acids is 1. The van der Waals surface area contributed by atoms with Gasteiger partial charge in [-0.05, 0) is 58.0 Å². The van der Waals surface area contributed by atoms with Crippen molar-refractivity contribution >= 4 is 11.6 Å². The summed E-state index contributed by atoms with van der Waals surface area (Å²) in [4.78, 5) is 12.8. The average molecular weight is 379 g/mol. The molecule has 0 atom stereocenters. The zero-order valence-electron chi connectivity index (χ0n) is 16.8. The third-order valence-corrected chi connectivity index (χ3v) is 4.32. The minimum Gasteiger partial charge on any atom is -0.493 e. The van der Waals surface area contributed by atoms with Crippen molar-refractivity contribution < 1.29 is 14.3 Å². The highest BCUT2D eigenvalue weighted by molar-refractivity contribution is 6.05. The van der Waals surface area contributed by atoms with Gasteiger partial charge in [0.1, 0.15) is 0 Å². The molecule has 0 radical (unpaired) electrons. The van der Waals surface area contributed by atoms with E-state index in [0.29, 0.717) is 22.7 Å². The summed E-state index contributed by atoms with van der Waals surface area (Å²) in [5.74, 6) is 0.904. The topological polar surface area (TPSA) is 65.4 Å². The van der Waals surface area contributed by atoms with Crippen molar-refractivity contribution in [1.82, 2.24) is 9.78 Å². The lowest BCUT2D eigenvalue weighted by Gasteiger charge is -2.14. The number of carbonyl (C=O) groups is 1. The van der Waals surface area contributed by atoms with E-state index >= 15 is 0 Å². The lowest BCUT2D eigenvalue weighted by atomic mass is 10.1. The molecule has 1 amide bonds. The summed E-state index contributed by atoms with van der Waals surface area (Å²) < 4.78 is 12.9. The quantitative estimate of drug-likeness (QED) is 0.683. The van der Waals surface area contributed by atoms with Crippen molar-refractivity contribution in [3.8, 4) is 17.2 Å². The van der Waals surface area contributed by atoms with E-state index in [0.717, 1.165) is 17.1 Å². The molecule has 0 fully saturated rings. The van der Waals surface area contributed by atoms with Crippen LogP contribution >= 0.6 is 0 Å². The molecule has 0 unspecified atom stereocenters. The van der Waals surface area contributed by atoms with Gasteiger partial charge in [0.05, 0.1) is 36.0 Å². The van der Waals surface area contributed by atoms with Crippen molar-refractivity contribution in [3.05, 3.63) is 65.5 Å². The molecule has 1 aromatic heterocycles. The van der Waals surface area contributed by atoms with Gasteiger partial charge in [-0.3, -0.25) is 4.79 Å². The van der Waals surface area contributed by atoms with E-state index < -0.39 is 0 Å². The second kappa shape index (κ2) is 8.17. The van der Waals surface area contributed by atoms with Gasteiger partial charge in [0, 0.05) is 5.56 Å². The number of amides is 1. The van der Waals surface area contributed by atoms with Gasteiger partial charge < -0.3 is 14.8 Å². The number of hydrogen-bond acceptors (Lipinski definition) is 4. The Morgan fingerprint density at radius 2 is 1.79 bits per heavy atom. The van der Waals surface area contributed by atoms with E-state index in [1.54, 1.807) is 25.3 Å². The smallest absolute Gasteiger partial charge is 0.255 e. The molecule has 0 saturated carbocycles. The van der Waals surface area contributed by atoms with Gasteiger partial charge in [-0.2, -0.15) is 5.10 Å². The van der Waals surface area contributed by atoms with E-state index in [1.807, 2.05) is 62.7 Å². The van der Waals surface area contributed by atoms with Crippen LogP contribution in [0, 0.1) is 13.8 Å². The van der Waals surface area contributed by atoms with Crippen molar-refractivity contribution in [3.63, 3.8) is 0 Å². The first-order chi connectivity index (χ1) is 13.4. The van der Waals surface area contributed by atoms with E-state index in [1.165, 1.54) is 0 Å². The fraction of sp³-hybridized carbons (Fsp3) is 0.273. The van der Waals surface area contributed by atoms with Crippen molar-refractivity contribution in [2.45, 2.75) is 33.8 Å². The molecule has 0 bridgehead atoms. The molecule has 0 saturated heterocycles. The van der Waals surface area contributed by atoms with Crippen LogP contribution in [0.2, 0.25) is 0 Å². The van der Waals surface area contributed by atoms with E-state index in [2.05, 4.69) is 10.4 Å². The van der Waals surface area contributed by atoms with E-state index in [-0.39, 0.29) is 12.0 Å². The van der Waals surface area contributed by atoms with E-state index in [4.69, 9.17) is 9.47 Å². The first kappa shape index (κ1) is 19.5. The summed E-state index contributed by atoms with van der Waals surface area (Å²) in [6, 6.07) is 15.0. The molecule has 0 aliphatic rings. The standard InChI is InChI=1S/C22H25N3O3/c1-14(2)28-19-12-11-17(13-20(19)27-5)22(26)23-21-15(3)24-25(16(21)4)18-9-7-6-8-10-18/h6-14H,1-5H3,(H,23,26). The minimum atomic E-state index is -0.229. The Kier molecular flexibility index (Phi) is 5.68. The molecule has 2 aromatic carbocycles. The predicted molar refractivity (Wildman–Crippen MR) is 110 cm³/mol. The van der Waals surface area contributed by atoms with Gasteiger partial charge in [0.25, 0.3) is 5.91 Å². The monoisotopic (exact) mass is 379 g/mol. The van der Waals surface area contributed by atoms with Crippen LogP contribution in [0.3, 0.4) is 0 Å². The molecule has 3 aromatic rings. The number of hydrogen-bond donors (Lipinski definition) is 1. The number of aryl methyl sites for hydroxylation is 1. The zero-order chi connectivity index (χ0) is 20.3. The number of methoxy groups -OCH3 is 1. The Balaban J connectivity index is 1.87. The third kappa shape index (κ3) is 4.01. The minimum absolute atomic E-state index is 0.0164. The molecule has 1 N–H and O–H groups in total. The van der Waals surface area contributed by atoms with Gasteiger partial charge in [-0.1, -0.05) is 18.2 Å². The summed E-state index contributed by atoms with van der Waals surface area (Å²) in [5.41, 5.74) is 3.75. The highest BCUT2D eigenvalue weighted by Crippen LogP contribution is 2.30. The highest BCUT2D eigenvalue weighted by atomic mass is 16.5. The van der Waals surface area contributed by atoms with Crippen LogP contribution in [0.15, 0.2) is 48.5 Å². The van der Waals surface area contributed by atoms with E-state index in [9.17, 15) is 4.79 Å². The molecule has 28 heavy (non-hydrogen) atoms. The summed E-state index contributed by atoms with van der Waals surface area (Å²) in [5, 5.41) is 7.54. The number of aromatic nitrogens is 2. The van der Waals surface area contributed by atoms with Crippen LogP contribution in [0.4, 0.5) is 5.69 Å². The van der Waals surface area contributed by atoms with Gasteiger partial charge >= 0.3 is 0 Å². The molecule has 0 aliphatic carbocycles. The molecule has 3 rings (SSSR count). The molecule has 0 aliphatic heterocycles. The Hall–Kier alpha value is -3.28. The molecular weight excluding hydrogens is 354 g/mol. The number of rotatable bonds is 6. The highest BCUT2D eigenvalue weighted by Gasteiger charge is 2.17. The number of nitrogens with zero attached hydrogens (tertiary/aromatic N) is 2. The van der Waals surface area contributed by atoms with Gasteiger partial charge in [0.2, 0.25) is 0 Å². The summed E-state index contributed by atoms with van der Waals surface area (Å²) >= 11 is 0. The van der Waals surface area contributed by atoms with Crippen molar-refractivity contribution in [1.29, 1.82) is 0 Å². The second-order valence-corrected chi connectivity index (χ2v) is 6.78. The van der Waals surface area contributed by atoms with Crippen molar-refractivity contribution in [2.24, 2.45) is 0 Å². The summed E-state index contributed by atoms with van der Waals surface area (Å²) in [6.07, 6.45) is 0.0164. The molecule has 6 nitrogen and oxygen atoms in total. The van der Waals surface area contributed by atoms with Gasteiger partial charge in [0.15, 0.2) is 11.5 Å². The Morgan fingerprint density at radius 1 is 1.07 bits per heavy atom. The fourth-order valence-electron chi connectivity index (χ4n) is 2.99. The lowest BCUT2D eigenvalue weighted by Crippen LogP contribution is -2.14. The largest absolute Gasteiger partial charge is 0.493 e. The van der Waals surface area contributed by atoms with Crippen LogP contribution < -0.4 is 14.8 Å². The van der Waals surface area contributed by atoms with Crippen LogP contribution in [-0.4, -0.2) is 28.9 Å². The van der Waals surface area contributed by atoms with Crippen LogP contribution in [0.25, 0.3) is 5.69 Å². The normalized spacial score (nSPS) is 10.8. The Bertz CT molecular complexity index is 978. The van der Waals surface area contributed by atoms with Crippen LogP contribution in [-0.2, 0) is 0 Å². The SMILES string of the molecule is COc1cc(C(=O)Nc2c(C)nn(-c3ccccc3)c2C)ccc1OC(C)C. The second-order valence-electron chi connectivity index (χ2n) is 6.78. The molecular formula is C22H25N3O3. The van der Waals surface area contributed by atoms with Crippen LogP contribution in [0.1, 0.15) is 35.6 Å². The predicted octanol–water partition coefficient (Wildman–Crippen LogP) is 4.54. The number of benzene rings is 2. The number of para-hydroxylation sites is 1. The summed E-state index contributed by atoms with van der Waals surface area (Å²) in [7, 11) is 1.56. The molecule has 6 heteroatoms. The first-order valence-corrected chi connectivity index (χ1v) is 9.18. The lowest BCUT2D eigenvalue weighted by molar-refractivity contribution is 0.102. The Morgan fingerprint density at radius 3 is 2.43 bits per heavy atom. The van der Waals surface area contributed by atoms with Crippen LogP contribution in [0.5, 0.6) is 11.5 Å². The molecule has 146 valence electrons. The maximum Gasteiger partial charge on any atom is 0.255 e. The summed E-state index contributed by atoms with van der Waals surface area (Å²) in [6.45, 7) is 7.69. The van der Waals surface area contributed by atoms with Gasteiger partial charge in [-0.25, -0.2) is 4.68 Å². The average Bonchev–Trinajstić information content (AvgIpc) is 2.96. The van der Waals surface area contributed by atoms with Gasteiger partial charge in [-0.15, -0.1) is 0 Å². The first-order valence-electron chi connectivity index (χ1n) is 9.18. The fourth-order valence-corrected chi connectivity index (χ4v) is 2.99. The molecule has 1 heterocycles. The van der Waals surface area contributed by atoms with Crippen molar-refractivity contribution in [2.75, 3.05) is 12.4 Å². The Labute approximate surface area is 165 Å². The number of ether oxygens (including phenoxy) is 2.